The van der Waals surface area contributed by atoms with Crippen molar-refractivity contribution < 1.29 is 14.0 Å². The van der Waals surface area contributed by atoms with E-state index >= 15 is 0 Å². The van der Waals surface area contributed by atoms with Crippen molar-refractivity contribution in [2.75, 3.05) is 12.4 Å². The molecule has 0 aliphatic carbocycles. The molecule has 1 aromatic heterocycles. The maximum absolute atomic E-state index is 12.9. The molecule has 0 saturated carbocycles. The minimum absolute atomic E-state index is 0.0282. The van der Waals surface area contributed by atoms with Crippen molar-refractivity contribution in [2.45, 2.75) is 20.0 Å². The van der Waals surface area contributed by atoms with Crippen LogP contribution in [-0.4, -0.2) is 23.6 Å². The standard InChI is InChI=1S/C26H22N2O3/c1-15-8-10-17(11-9-15)23(29)22-14-18-13-19(12-16(2)24(18)31-22)25-27-21-7-5-4-6-20(21)26(30)28(25)3/h4-14,25,27H,1-3H3. The molecule has 0 saturated heterocycles. The molecule has 0 spiro atoms. The van der Waals surface area contributed by atoms with E-state index in [1.54, 1.807) is 18.0 Å². The van der Waals surface area contributed by atoms with Gasteiger partial charge >= 0.3 is 0 Å². The lowest BCUT2D eigenvalue weighted by molar-refractivity contribution is 0.0735. The van der Waals surface area contributed by atoms with E-state index in [1.807, 2.05) is 74.5 Å². The van der Waals surface area contributed by atoms with Crippen LogP contribution in [0.15, 0.2) is 71.1 Å². The Morgan fingerprint density at radius 3 is 2.52 bits per heavy atom. The second kappa shape index (κ2) is 7.13. The summed E-state index contributed by atoms with van der Waals surface area (Å²) in [5, 5.41) is 4.29. The average Bonchev–Trinajstić information content (AvgIpc) is 3.21. The van der Waals surface area contributed by atoms with Crippen LogP contribution >= 0.6 is 0 Å². The lowest BCUT2D eigenvalue weighted by Crippen LogP contribution is -2.40. The zero-order valence-electron chi connectivity index (χ0n) is 17.6. The van der Waals surface area contributed by atoms with E-state index in [0.717, 1.165) is 27.8 Å². The van der Waals surface area contributed by atoms with Crippen molar-refractivity contribution in [2.24, 2.45) is 0 Å². The van der Waals surface area contributed by atoms with E-state index in [4.69, 9.17) is 4.42 Å². The third kappa shape index (κ3) is 3.19. The number of aryl methyl sites for hydroxylation is 2. The van der Waals surface area contributed by atoms with E-state index in [9.17, 15) is 9.59 Å². The molecule has 2 heterocycles. The lowest BCUT2D eigenvalue weighted by atomic mass is 10.0. The van der Waals surface area contributed by atoms with Crippen LogP contribution in [0.3, 0.4) is 0 Å². The number of fused-ring (bicyclic) bond motifs is 2. The molecule has 5 rings (SSSR count). The van der Waals surface area contributed by atoms with Crippen molar-refractivity contribution >= 4 is 28.3 Å². The summed E-state index contributed by atoms with van der Waals surface area (Å²) in [6.45, 7) is 3.94. The number of anilines is 1. The number of nitrogens with zero attached hydrogens (tertiary/aromatic N) is 1. The van der Waals surface area contributed by atoms with E-state index in [-0.39, 0.29) is 17.9 Å². The van der Waals surface area contributed by atoms with Gasteiger partial charge in [0.05, 0.1) is 5.56 Å². The minimum Gasteiger partial charge on any atom is -0.452 e. The Morgan fingerprint density at radius 1 is 1.00 bits per heavy atom. The molecule has 1 aliphatic heterocycles. The quantitative estimate of drug-likeness (QED) is 0.455. The zero-order valence-corrected chi connectivity index (χ0v) is 17.6. The van der Waals surface area contributed by atoms with Crippen LogP contribution in [0.2, 0.25) is 0 Å². The fourth-order valence-corrected chi connectivity index (χ4v) is 4.13. The second-order valence-corrected chi connectivity index (χ2v) is 8.07. The molecule has 1 amide bonds. The smallest absolute Gasteiger partial charge is 0.257 e. The number of carbonyl (C=O) groups excluding carboxylic acids is 2. The van der Waals surface area contributed by atoms with Crippen molar-refractivity contribution in [3.8, 4) is 0 Å². The third-order valence-corrected chi connectivity index (χ3v) is 5.83. The maximum atomic E-state index is 12.9. The summed E-state index contributed by atoms with van der Waals surface area (Å²) in [6, 6.07) is 20.7. The van der Waals surface area contributed by atoms with Gasteiger partial charge in [0.15, 0.2) is 5.76 Å². The largest absolute Gasteiger partial charge is 0.452 e. The van der Waals surface area contributed by atoms with Gasteiger partial charge in [0, 0.05) is 23.7 Å². The summed E-state index contributed by atoms with van der Waals surface area (Å²) in [4.78, 5) is 27.4. The predicted octanol–water partition coefficient (Wildman–Crippen LogP) is 5.48. The van der Waals surface area contributed by atoms with Crippen LogP contribution < -0.4 is 5.32 Å². The molecule has 31 heavy (non-hydrogen) atoms. The van der Waals surface area contributed by atoms with Crippen molar-refractivity contribution in [3.05, 3.63) is 100 Å². The normalized spacial score (nSPS) is 15.6. The maximum Gasteiger partial charge on any atom is 0.257 e. The Morgan fingerprint density at radius 2 is 1.74 bits per heavy atom. The van der Waals surface area contributed by atoms with Gasteiger partial charge in [-0.3, -0.25) is 9.59 Å². The Bertz CT molecular complexity index is 1330. The van der Waals surface area contributed by atoms with Gasteiger partial charge in [0.1, 0.15) is 11.7 Å². The summed E-state index contributed by atoms with van der Waals surface area (Å²) in [5.41, 5.74) is 5.70. The molecule has 1 aliphatic rings. The molecule has 3 aromatic carbocycles. The average molecular weight is 410 g/mol. The fourth-order valence-electron chi connectivity index (χ4n) is 4.13. The number of furan rings is 1. The highest BCUT2D eigenvalue weighted by molar-refractivity contribution is 6.09. The third-order valence-electron chi connectivity index (χ3n) is 5.83. The Labute approximate surface area is 180 Å². The van der Waals surface area contributed by atoms with Crippen LogP contribution in [-0.2, 0) is 0 Å². The van der Waals surface area contributed by atoms with Gasteiger partial charge in [-0.2, -0.15) is 0 Å². The molecule has 1 unspecified atom stereocenters. The minimum atomic E-state index is -0.309. The SMILES string of the molecule is Cc1ccc(C(=O)c2cc3cc(C4Nc5ccccc5C(=O)N4C)cc(C)c3o2)cc1. The number of para-hydroxylation sites is 1. The topological polar surface area (TPSA) is 62.6 Å². The van der Waals surface area contributed by atoms with E-state index in [2.05, 4.69) is 5.32 Å². The number of hydrogen-bond donors (Lipinski definition) is 1. The number of ketones is 1. The van der Waals surface area contributed by atoms with Crippen LogP contribution in [0.25, 0.3) is 11.0 Å². The number of hydrogen-bond acceptors (Lipinski definition) is 4. The number of nitrogens with one attached hydrogen (secondary N) is 1. The van der Waals surface area contributed by atoms with E-state index in [0.29, 0.717) is 22.5 Å². The van der Waals surface area contributed by atoms with Gasteiger partial charge in [0.2, 0.25) is 5.78 Å². The molecule has 5 nitrogen and oxygen atoms in total. The first-order chi connectivity index (χ1) is 14.9. The van der Waals surface area contributed by atoms with Gasteiger partial charge in [0.25, 0.3) is 5.91 Å². The first-order valence-corrected chi connectivity index (χ1v) is 10.2. The van der Waals surface area contributed by atoms with E-state index < -0.39 is 0 Å². The number of benzene rings is 3. The first kappa shape index (κ1) is 19.1. The monoisotopic (exact) mass is 410 g/mol. The van der Waals surface area contributed by atoms with Gasteiger partial charge in [-0.15, -0.1) is 0 Å². The van der Waals surface area contributed by atoms with Crippen molar-refractivity contribution in [1.82, 2.24) is 4.90 Å². The number of carbonyl (C=O) groups is 2. The number of amides is 1. The Kier molecular flexibility index (Phi) is 4.40. The summed E-state index contributed by atoms with van der Waals surface area (Å²) in [7, 11) is 1.79. The summed E-state index contributed by atoms with van der Waals surface area (Å²) >= 11 is 0. The summed E-state index contributed by atoms with van der Waals surface area (Å²) < 4.78 is 5.94. The highest BCUT2D eigenvalue weighted by atomic mass is 16.3. The first-order valence-electron chi connectivity index (χ1n) is 10.2. The molecule has 1 atom stereocenters. The van der Waals surface area contributed by atoms with Gasteiger partial charge in [-0.05, 0) is 55.3 Å². The molecule has 1 N–H and O–H groups in total. The van der Waals surface area contributed by atoms with Crippen molar-refractivity contribution in [1.29, 1.82) is 0 Å². The molecular formula is C26H22N2O3. The van der Waals surface area contributed by atoms with Crippen LogP contribution in [0, 0.1) is 13.8 Å². The molecule has 0 radical (unpaired) electrons. The Hall–Kier alpha value is -3.86. The molecule has 154 valence electrons. The Balaban J connectivity index is 1.54. The highest BCUT2D eigenvalue weighted by Crippen LogP contribution is 2.35. The molecule has 4 aromatic rings. The van der Waals surface area contributed by atoms with Crippen LogP contribution in [0.1, 0.15) is 49.3 Å². The van der Waals surface area contributed by atoms with Crippen LogP contribution in [0.5, 0.6) is 0 Å². The van der Waals surface area contributed by atoms with Gasteiger partial charge < -0.3 is 14.6 Å². The summed E-state index contributed by atoms with van der Waals surface area (Å²) in [5.74, 6) is 0.138. The molecule has 5 heteroatoms. The number of rotatable bonds is 3. The molecular weight excluding hydrogens is 388 g/mol. The van der Waals surface area contributed by atoms with Gasteiger partial charge in [-0.1, -0.05) is 42.0 Å². The predicted molar refractivity (Wildman–Crippen MR) is 120 cm³/mol. The fraction of sp³-hybridized carbons (Fsp3) is 0.154. The van der Waals surface area contributed by atoms with E-state index in [1.165, 1.54) is 0 Å². The molecule has 0 fully saturated rings. The summed E-state index contributed by atoms with van der Waals surface area (Å²) in [6.07, 6.45) is -0.309. The molecule has 0 bridgehead atoms. The van der Waals surface area contributed by atoms with Crippen molar-refractivity contribution in [3.63, 3.8) is 0 Å². The highest BCUT2D eigenvalue weighted by Gasteiger charge is 2.30. The lowest BCUT2D eigenvalue weighted by Gasteiger charge is -2.35. The van der Waals surface area contributed by atoms with Crippen LogP contribution in [0.4, 0.5) is 5.69 Å². The van der Waals surface area contributed by atoms with Gasteiger partial charge in [-0.25, -0.2) is 0 Å². The second-order valence-electron chi connectivity index (χ2n) is 8.07. The zero-order chi connectivity index (χ0) is 21.7.